The standard InChI is InChI=1S/C15H25N3O/c1-4-6-15(7-8-16-11-15)14(19)10-13-5-9-18(17-13)12(2)3/h5,9,12,16H,4,6-8,10-11H2,1-3H3. The van der Waals surface area contributed by atoms with Gasteiger partial charge in [0.2, 0.25) is 0 Å². The van der Waals surface area contributed by atoms with Gasteiger partial charge in [0.25, 0.3) is 0 Å². The van der Waals surface area contributed by atoms with E-state index in [1.165, 1.54) is 0 Å². The molecule has 4 heteroatoms. The van der Waals surface area contributed by atoms with Crippen LogP contribution in [0.1, 0.15) is 51.8 Å². The van der Waals surface area contributed by atoms with Crippen LogP contribution in [0.4, 0.5) is 0 Å². The fourth-order valence-electron chi connectivity index (χ4n) is 2.92. The Bertz CT molecular complexity index is 430. The molecular formula is C15H25N3O. The molecule has 1 saturated heterocycles. The maximum Gasteiger partial charge on any atom is 0.146 e. The number of rotatable bonds is 6. The van der Waals surface area contributed by atoms with Crippen molar-refractivity contribution in [1.82, 2.24) is 15.1 Å². The SMILES string of the molecule is CCCC1(C(=O)Cc2ccn(C(C)C)n2)CCNC1. The van der Waals surface area contributed by atoms with Crippen molar-refractivity contribution in [3.05, 3.63) is 18.0 Å². The van der Waals surface area contributed by atoms with Gasteiger partial charge in [0.15, 0.2) is 0 Å². The fourth-order valence-corrected chi connectivity index (χ4v) is 2.92. The second-order valence-corrected chi connectivity index (χ2v) is 5.94. The number of aromatic nitrogens is 2. The molecule has 1 aromatic heterocycles. The highest BCUT2D eigenvalue weighted by Crippen LogP contribution is 2.33. The van der Waals surface area contributed by atoms with E-state index in [0.717, 1.165) is 38.0 Å². The zero-order chi connectivity index (χ0) is 13.9. The van der Waals surface area contributed by atoms with Gasteiger partial charge in [-0.2, -0.15) is 5.10 Å². The van der Waals surface area contributed by atoms with Crippen molar-refractivity contribution in [2.45, 2.75) is 52.5 Å². The highest BCUT2D eigenvalue weighted by molar-refractivity contribution is 5.87. The van der Waals surface area contributed by atoms with Gasteiger partial charge in [0.05, 0.1) is 12.1 Å². The highest BCUT2D eigenvalue weighted by atomic mass is 16.1. The van der Waals surface area contributed by atoms with Crippen LogP contribution in [0.5, 0.6) is 0 Å². The second kappa shape index (κ2) is 5.87. The number of carbonyl (C=O) groups excluding carboxylic acids is 1. The minimum absolute atomic E-state index is 0.142. The minimum atomic E-state index is -0.142. The molecule has 0 spiro atoms. The lowest BCUT2D eigenvalue weighted by molar-refractivity contribution is -0.127. The van der Waals surface area contributed by atoms with Crippen LogP contribution in [0.2, 0.25) is 0 Å². The number of nitrogens with zero attached hydrogens (tertiary/aromatic N) is 2. The Morgan fingerprint density at radius 3 is 2.89 bits per heavy atom. The van der Waals surface area contributed by atoms with Gasteiger partial charge in [-0.05, 0) is 39.3 Å². The summed E-state index contributed by atoms with van der Waals surface area (Å²) in [5, 5.41) is 7.83. The normalized spacial score (nSPS) is 23.2. The van der Waals surface area contributed by atoms with Gasteiger partial charge < -0.3 is 5.32 Å². The first-order valence-electron chi connectivity index (χ1n) is 7.35. The smallest absolute Gasteiger partial charge is 0.146 e. The molecule has 106 valence electrons. The summed E-state index contributed by atoms with van der Waals surface area (Å²) < 4.78 is 1.92. The third kappa shape index (κ3) is 3.06. The summed E-state index contributed by atoms with van der Waals surface area (Å²) in [4.78, 5) is 12.6. The van der Waals surface area contributed by atoms with Gasteiger partial charge in [-0.15, -0.1) is 0 Å². The van der Waals surface area contributed by atoms with Crippen LogP contribution in [-0.4, -0.2) is 28.7 Å². The van der Waals surface area contributed by atoms with E-state index < -0.39 is 0 Å². The summed E-state index contributed by atoms with van der Waals surface area (Å²) in [5.41, 5.74) is 0.761. The monoisotopic (exact) mass is 263 g/mol. The first kappa shape index (κ1) is 14.3. The lowest BCUT2D eigenvalue weighted by Gasteiger charge is -2.25. The van der Waals surface area contributed by atoms with Crippen LogP contribution in [0, 0.1) is 5.41 Å². The molecule has 0 radical (unpaired) electrons. The average Bonchev–Trinajstić information content (AvgIpc) is 2.99. The summed E-state index contributed by atoms with van der Waals surface area (Å²) in [6.45, 7) is 8.15. The molecule has 2 rings (SSSR count). The highest BCUT2D eigenvalue weighted by Gasteiger charge is 2.39. The quantitative estimate of drug-likeness (QED) is 0.857. The molecule has 0 amide bonds. The number of carbonyl (C=O) groups is 1. The number of Topliss-reactive ketones (excluding diaryl/α,β-unsaturated/α-hetero) is 1. The minimum Gasteiger partial charge on any atom is -0.316 e. The fraction of sp³-hybridized carbons (Fsp3) is 0.733. The molecule has 2 heterocycles. The lowest BCUT2D eigenvalue weighted by Crippen LogP contribution is -2.34. The second-order valence-electron chi connectivity index (χ2n) is 5.94. The molecule has 19 heavy (non-hydrogen) atoms. The summed E-state index contributed by atoms with van der Waals surface area (Å²) >= 11 is 0. The van der Waals surface area contributed by atoms with Crippen molar-refractivity contribution >= 4 is 5.78 Å². The first-order chi connectivity index (χ1) is 9.07. The van der Waals surface area contributed by atoms with Crippen molar-refractivity contribution in [3.8, 4) is 0 Å². The van der Waals surface area contributed by atoms with Crippen molar-refractivity contribution in [2.75, 3.05) is 13.1 Å². The van der Waals surface area contributed by atoms with Crippen molar-refractivity contribution in [2.24, 2.45) is 5.41 Å². The molecule has 1 aliphatic heterocycles. The molecule has 0 bridgehead atoms. The summed E-state index contributed by atoms with van der Waals surface area (Å²) in [5.74, 6) is 0.355. The van der Waals surface area contributed by atoms with E-state index in [4.69, 9.17) is 0 Å². The molecule has 0 aliphatic carbocycles. The van der Waals surface area contributed by atoms with Gasteiger partial charge in [0.1, 0.15) is 5.78 Å². The number of nitrogens with one attached hydrogen (secondary N) is 1. The van der Waals surface area contributed by atoms with Gasteiger partial charge in [-0.1, -0.05) is 13.3 Å². The zero-order valence-corrected chi connectivity index (χ0v) is 12.3. The topological polar surface area (TPSA) is 46.9 Å². The van der Waals surface area contributed by atoms with E-state index in [9.17, 15) is 4.79 Å². The predicted molar refractivity (Wildman–Crippen MR) is 76.2 cm³/mol. The average molecular weight is 263 g/mol. The van der Waals surface area contributed by atoms with Crippen LogP contribution in [0.15, 0.2) is 12.3 Å². The number of hydrogen-bond donors (Lipinski definition) is 1. The summed E-state index contributed by atoms with van der Waals surface area (Å²) in [6.07, 6.45) is 5.47. The molecule has 1 aromatic rings. The van der Waals surface area contributed by atoms with Gasteiger partial charge >= 0.3 is 0 Å². The van der Waals surface area contributed by atoms with Crippen LogP contribution in [0.25, 0.3) is 0 Å². The number of ketones is 1. The zero-order valence-electron chi connectivity index (χ0n) is 12.3. The predicted octanol–water partition coefficient (Wildman–Crippen LogP) is 2.36. The van der Waals surface area contributed by atoms with Crippen LogP contribution in [0.3, 0.4) is 0 Å². The third-order valence-corrected chi connectivity index (χ3v) is 4.10. The molecule has 1 N–H and O–H groups in total. The maximum absolute atomic E-state index is 12.6. The van der Waals surface area contributed by atoms with E-state index in [1.807, 2.05) is 16.9 Å². The molecule has 1 atom stereocenters. The summed E-state index contributed by atoms with van der Waals surface area (Å²) in [6, 6.07) is 2.32. The Balaban J connectivity index is 2.06. The molecule has 4 nitrogen and oxygen atoms in total. The van der Waals surface area contributed by atoms with E-state index in [0.29, 0.717) is 18.2 Å². The Kier molecular flexibility index (Phi) is 4.40. The van der Waals surface area contributed by atoms with E-state index >= 15 is 0 Å². The molecular weight excluding hydrogens is 238 g/mol. The molecule has 0 aromatic carbocycles. The number of hydrogen-bond acceptors (Lipinski definition) is 3. The lowest BCUT2D eigenvalue weighted by atomic mass is 9.77. The Morgan fingerprint density at radius 1 is 1.58 bits per heavy atom. The largest absolute Gasteiger partial charge is 0.316 e. The first-order valence-corrected chi connectivity index (χ1v) is 7.35. The van der Waals surface area contributed by atoms with Crippen molar-refractivity contribution < 1.29 is 4.79 Å². The van der Waals surface area contributed by atoms with E-state index in [1.54, 1.807) is 0 Å². The van der Waals surface area contributed by atoms with Crippen molar-refractivity contribution in [1.29, 1.82) is 0 Å². The third-order valence-electron chi connectivity index (χ3n) is 4.10. The van der Waals surface area contributed by atoms with Gasteiger partial charge in [0, 0.05) is 24.2 Å². The molecule has 1 aliphatic rings. The molecule has 0 saturated carbocycles. The van der Waals surface area contributed by atoms with Gasteiger partial charge in [-0.25, -0.2) is 0 Å². The van der Waals surface area contributed by atoms with Crippen LogP contribution < -0.4 is 5.32 Å². The maximum atomic E-state index is 12.6. The molecule has 1 unspecified atom stereocenters. The Morgan fingerprint density at radius 2 is 2.37 bits per heavy atom. The van der Waals surface area contributed by atoms with Crippen LogP contribution >= 0.6 is 0 Å². The summed E-state index contributed by atoms with van der Waals surface area (Å²) in [7, 11) is 0. The molecule has 1 fully saturated rings. The van der Waals surface area contributed by atoms with Crippen LogP contribution in [-0.2, 0) is 11.2 Å². The Hall–Kier alpha value is -1.16. The van der Waals surface area contributed by atoms with E-state index in [-0.39, 0.29) is 5.41 Å². The van der Waals surface area contributed by atoms with E-state index in [2.05, 4.69) is 31.2 Å². The Labute approximate surface area is 115 Å². The van der Waals surface area contributed by atoms with Gasteiger partial charge in [-0.3, -0.25) is 9.48 Å². The van der Waals surface area contributed by atoms with Crippen molar-refractivity contribution in [3.63, 3.8) is 0 Å².